The highest BCUT2D eigenvalue weighted by atomic mass is 32.2. The van der Waals surface area contributed by atoms with Crippen LogP contribution in [-0.2, 0) is 10.0 Å². The molecule has 1 aromatic rings. The van der Waals surface area contributed by atoms with Gasteiger partial charge in [0, 0.05) is 6.04 Å². The van der Waals surface area contributed by atoms with Gasteiger partial charge in [-0.25, -0.2) is 21.9 Å². The number of halogens is 2. The number of hydrogen-bond acceptors (Lipinski definition) is 4. The third-order valence-corrected chi connectivity index (χ3v) is 4.92. The predicted octanol–water partition coefficient (Wildman–Crippen LogP) is 1.13. The van der Waals surface area contributed by atoms with E-state index >= 15 is 0 Å². The molecule has 0 saturated heterocycles. The van der Waals surface area contributed by atoms with Crippen molar-refractivity contribution in [1.82, 2.24) is 4.72 Å². The number of sulfonamides is 1. The van der Waals surface area contributed by atoms with Gasteiger partial charge in [0.1, 0.15) is 16.4 Å². The van der Waals surface area contributed by atoms with Gasteiger partial charge in [-0.1, -0.05) is 12.8 Å². The number of benzene rings is 1. The minimum Gasteiger partial charge on any atom is -0.394 e. The monoisotopic (exact) mass is 306 g/mol. The van der Waals surface area contributed by atoms with E-state index in [0.29, 0.717) is 12.8 Å². The summed E-state index contributed by atoms with van der Waals surface area (Å²) in [6.07, 6.45) is 1.74. The second-order valence-electron chi connectivity index (χ2n) is 4.85. The summed E-state index contributed by atoms with van der Waals surface area (Å²) >= 11 is 0. The standard InChI is InChI=1S/C12H16F2N2O3S/c13-7-5-6-10(11(14)12(7)15)20(18,19)16-8-3-1-2-4-9(8)17/h5-6,8-9,16-17H,1-4,15H2/t8-,9-/m1/s1. The lowest BCUT2D eigenvalue weighted by atomic mass is 9.93. The highest BCUT2D eigenvalue weighted by Crippen LogP contribution is 2.25. The fraction of sp³-hybridized carbons (Fsp3) is 0.500. The maximum Gasteiger partial charge on any atom is 0.243 e. The number of nitrogens with one attached hydrogen (secondary N) is 1. The Balaban J connectivity index is 2.29. The molecule has 112 valence electrons. The van der Waals surface area contributed by atoms with E-state index in [0.717, 1.165) is 25.0 Å². The SMILES string of the molecule is Nc1c(F)ccc(S(=O)(=O)N[C@@H]2CCCC[C@H]2O)c1F. The third kappa shape index (κ3) is 2.92. The summed E-state index contributed by atoms with van der Waals surface area (Å²) in [5, 5.41) is 9.74. The summed E-state index contributed by atoms with van der Waals surface area (Å²) in [6.45, 7) is 0. The predicted molar refractivity (Wildman–Crippen MR) is 69.4 cm³/mol. The minimum absolute atomic E-state index is 0.471. The fourth-order valence-electron chi connectivity index (χ4n) is 2.27. The second kappa shape index (κ2) is 5.63. The van der Waals surface area contributed by atoms with Crippen LogP contribution in [0.25, 0.3) is 0 Å². The van der Waals surface area contributed by atoms with Gasteiger partial charge in [0.2, 0.25) is 10.0 Å². The normalized spacial score (nSPS) is 23.8. The average Bonchev–Trinajstić information content (AvgIpc) is 2.38. The van der Waals surface area contributed by atoms with E-state index in [2.05, 4.69) is 4.72 Å². The van der Waals surface area contributed by atoms with E-state index < -0.39 is 44.4 Å². The number of aliphatic hydroxyl groups excluding tert-OH is 1. The van der Waals surface area contributed by atoms with Crippen molar-refractivity contribution < 1.29 is 22.3 Å². The van der Waals surface area contributed by atoms with Crippen LogP contribution < -0.4 is 10.5 Å². The number of hydrogen-bond donors (Lipinski definition) is 3. The summed E-state index contributed by atoms with van der Waals surface area (Å²) < 4.78 is 53.2. The van der Waals surface area contributed by atoms with E-state index in [9.17, 15) is 22.3 Å². The lowest BCUT2D eigenvalue weighted by Gasteiger charge is -2.28. The zero-order chi connectivity index (χ0) is 14.9. The molecule has 1 fully saturated rings. The van der Waals surface area contributed by atoms with Gasteiger partial charge in [-0.05, 0) is 25.0 Å². The van der Waals surface area contributed by atoms with Crippen LogP contribution in [0.15, 0.2) is 17.0 Å². The minimum atomic E-state index is -4.19. The molecule has 2 rings (SSSR count). The van der Waals surface area contributed by atoms with Crippen LogP contribution in [0.1, 0.15) is 25.7 Å². The first-order valence-electron chi connectivity index (χ1n) is 6.27. The number of nitrogen functional groups attached to an aromatic ring is 1. The van der Waals surface area contributed by atoms with Crippen LogP contribution in [0.4, 0.5) is 14.5 Å². The molecule has 0 unspecified atom stereocenters. The molecule has 4 N–H and O–H groups in total. The highest BCUT2D eigenvalue weighted by Gasteiger charge is 2.30. The molecule has 0 spiro atoms. The van der Waals surface area contributed by atoms with Crippen LogP contribution in [0.2, 0.25) is 0 Å². The average molecular weight is 306 g/mol. The van der Waals surface area contributed by atoms with E-state index in [1.54, 1.807) is 0 Å². The first-order chi connectivity index (χ1) is 9.33. The zero-order valence-corrected chi connectivity index (χ0v) is 11.5. The Kier molecular flexibility index (Phi) is 4.26. The van der Waals surface area contributed by atoms with Gasteiger partial charge in [-0.2, -0.15) is 0 Å². The van der Waals surface area contributed by atoms with Crippen molar-refractivity contribution in [2.45, 2.75) is 42.7 Å². The smallest absolute Gasteiger partial charge is 0.243 e. The first kappa shape index (κ1) is 15.1. The van der Waals surface area contributed by atoms with Crippen LogP contribution in [0.3, 0.4) is 0 Å². The molecular weight excluding hydrogens is 290 g/mol. The molecule has 0 aromatic heterocycles. The number of aliphatic hydroxyl groups is 1. The Labute approximate surface area is 115 Å². The highest BCUT2D eigenvalue weighted by molar-refractivity contribution is 7.89. The fourth-order valence-corrected chi connectivity index (χ4v) is 3.66. The van der Waals surface area contributed by atoms with Crippen molar-refractivity contribution in [3.63, 3.8) is 0 Å². The van der Waals surface area contributed by atoms with Gasteiger partial charge < -0.3 is 10.8 Å². The van der Waals surface area contributed by atoms with E-state index in [1.807, 2.05) is 0 Å². The zero-order valence-electron chi connectivity index (χ0n) is 10.6. The Hall–Kier alpha value is -1.25. The molecular formula is C12H16F2N2O3S. The molecule has 1 saturated carbocycles. The molecule has 1 aliphatic rings. The Morgan fingerprint density at radius 3 is 2.55 bits per heavy atom. The van der Waals surface area contributed by atoms with Crippen molar-refractivity contribution in [3.05, 3.63) is 23.8 Å². The van der Waals surface area contributed by atoms with Gasteiger partial charge in [-0.15, -0.1) is 0 Å². The topological polar surface area (TPSA) is 92.4 Å². The Morgan fingerprint density at radius 1 is 1.25 bits per heavy atom. The Morgan fingerprint density at radius 2 is 1.90 bits per heavy atom. The van der Waals surface area contributed by atoms with Crippen LogP contribution in [0, 0.1) is 11.6 Å². The third-order valence-electron chi connectivity index (χ3n) is 3.42. The maximum atomic E-state index is 13.8. The maximum absolute atomic E-state index is 13.8. The van der Waals surface area contributed by atoms with Crippen molar-refractivity contribution >= 4 is 15.7 Å². The molecule has 8 heteroatoms. The lowest BCUT2D eigenvalue weighted by molar-refractivity contribution is 0.101. The van der Waals surface area contributed by atoms with E-state index in [4.69, 9.17) is 5.73 Å². The van der Waals surface area contributed by atoms with Crippen LogP contribution in [0.5, 0.6) is 0 Å². The molecule has 0 heterocycles. The van der Waals surface area contributed by atoms with Crippen LogP contribution in [-0.4, -0.2) is 25.7 Å². The molecule has 1 aromatic carbocycles. The molecule has 0 aliphatic heterocycles. The Bertz CT molecular complexity index is 607. The summed E-state index contributed by atoms with van der Waals surface area (Å²) in [5.41, 5.74) is 4.31. The van der Waals surface area contributed by atoms with E-state index in [1.165, 1.54) is 0 Å². The van der Waals surface area contributed by atoms with Crippen molar-refractivity contribution in [3.8, 4) is 0 Å². The number of anilines is 1. The van der Waals surface area contributed by atoms with Gasteiger partial charge in [0.15, 0.2) is 5.82 Å². The van der Waals surface area contributed by atoms with Gasteiger partial charge >= 0.3 is 0 Å². The number of nitrogens with two attached hydrogens (primary N) is 1. The first-order valence-corrected chi connectivity index (χ1v) is 7.75. The molecule has 2 atom stereocenters. The number of rotatable bonds is 3. The van der Waals surface area contributed by atoms with Gasteiger partial charge in [0.25, 0.3) is 0 Å². The van der Waals surface area contributed by atoms with Crippen LogP contribution >= 0.6 is 0 Å². The van der Waals surface area contributed by atoms with Crippen molar-refractivity contribution in [2.75, 3.05) is 5.73 Å². The van der Waals surface area contributed by atoms with Gasteiger partial charge in [-0.3, -0.25) is 0 Å². The largest absolute Gasteiger partial charge is 0.394 e. The van der Waals surface area contributed by atoms with E-state index in [-0.39, 0.29) is 0 Å². The molecule has 0 bridgehead atoms. The van der Waals surface area contributed by atoms with Crippen molar-refractivity contribution in [2.24, 2.45) is 0 Å². The molecule has 0 amide bonds. The summed E-state index contributed by atoms with van der Waals surface area (Å²) in [6, 6.07) is 0.947. The molecule has 20 heavy (non-hydrogen) atoms. The molecule has 0 radical (unpaired) electrons. The molecule has 1 aliphatic carbocycles. The lowest BCUT2D eigenvalue weighted by Crippen LogP contribution is -2.45. The summed E-state index contributed by atoms with van der Waals surface area (Å²) in [5.74, 6) is -2.33. The second-order valence-corrected chi connectivity index (χ2v) is 6.54. The summed E-state index contributed by atoms with van der Waals surface area (Å²) in [7, 11) is -4.19. The quantitative estimate of drug-likeness (QED) is 0.730. The summed E-state index contributed by atoms with van der Waals surface area (Å²) in [4.78, 5) is -0.714. The van der Waals surface area contributed by atoms with Gasteiger partial charge in [0.05, 0.1) is 6.10 Å². The van der Waals surface area contributed by atoms with Crippen molar-refractivity contribution in [1.29, 1.82) is 0 Å². The molecule has 5 nitrogen and oxygen atoms in total.